The summed E-state index contributed by atoms with van der Waals surface area (Å²) in [6.45, 7) is 0. The highest BCUT2D eigenvalue weighted by molar-refractivity contribution is 9.10. The molecule has 0 heterocycles. The molecule has 0 spiro atoms. The summed E-state index contributed by atoms with van der Waals surface area (Å²) in [5.74, 6) is 0.507. The minimum atomic E-state index is -0.412. The van der Waals surface area contributed by atoms with Gasteiger partial charge < -0.3 is 9.47 Å². The van der Waals surface area contributed by atoms with Gasteiger partial charge >= 0.3 is 0 Å². The first-order chi connectivity index (χ1) is 9.56. The zero-order chi connectivity index (χ0) is 14.7. The van der Waals surface area contributed by atoms with E-state index in [1.54, 1.807) is 19.2 Å². The summed E-state index contributed by atoms with van der Waals surface area (Å²) in [6.07, 6.45) is 0. The largest absolute Gasteiger partial charge is 0.497 e. The number of hydrogen-bond acceptors (Lipinski definition) is 2. The van der Waals surface area contributed by atoms with Crippen molar-refractivity contribution in [2.24, 2.45) is 0 Å². The maximum Gasteiger partial charge on any atom is 0.165 e. The van der Waals surface area contributed by atoms with Crippen LogP contribution in [-0.4, -0.2) is 14.2 Å². The zero-order valence-corrected chi connectivity index (χ0v) is 13.3. The Morgan fingerprint density at radius 2 is 1.85 bits per heavy atom. The number of ether oxygens (including phenoxy) is 2. The molecule has 0 saturated carbocycles. The van der Waals surface area contributed by atoms with Crippen LogP contribution >= 0.6 is 27.5 Å². The van der Waals surface area contributed by atoms with Crippen LogP contribution in [0.3, 0.4) is 0 Å². The molecular weight excluding hydrogens is 347 g/mol. The Balaban J connectivity index is 2.38. The third-order valence-electron chi connectivity index (χ3n) is 2.95. The molecule has 0 N–H and O–H groups in total. The second-order valence-electron chi connectivity index (χ2n) is 4.14. The van der Waals surface area contributed by atoms with E-state index in [0.717, 1.165) is 21.3 Å². The molecular formula is C15H13BrClFO2. The fraction of sp³-hybridized carbons (Fsp3) is 0.200. The summed E-state index contributed by atoms with van der Waals surface area (Å²) in [5, 5.41) is -0.412. The van der Waals surface area contributed by atoms with Crippen molar-refractivity contribution in [1.29, 1.82) is 0 Å². The van der Waals surface area contributed by atoms with E-state index < -0.39 is 11.2 Å². The SMILES string of the molecule is COc1ccc(C(Cl)c2ccc(F)c(OC)c2)c(Br)c1. The molecule has 106 valence electrons. The van der Waals surface area contributed by atoms with E-state index in [1.807, 2.05) is 18.2 Å². The third kappa shape index (κ3) is 3.07. The Kier molecular flexibility index (Phi) is 4.89. The summed E-state index contributed by atoms with van der Waals surface area (Å²) in [7, 11) is 3.03. The predicted molar refractivity (Wildman–Crippen MR) is 81.3 cm³/mol. The van der Waals surface area contributed by atoms with Gasteiger partial charge in [-0.15, -0.1) is 11.6 Å². The number of halogens is 3. The molecule has 2 aromatic carbocycles. The Morgan fingerprint density at radius 3 is 2.45 bits per heavy atom. The molecule has 0 bridgehead atoms. The van der Waals surface area contributed by atoms with Crippen LogP contribution in [0.15, 0.2) is 40.9 Å². The van der Waals surface area contributed by atoms with Crippen LogP contribution < -0.4 is 9.47 Å². The van der Waals surface area contributed by atoms with Gasteiger partial charge in [-0.1, -0.05) is 28.1 Å². The Hall–Kier alpha value is -1.26. The lowest BCUT2D eigenvalue weighted by molar-refractivity contribution is 0.386. The summed E-state index contributed by atoms with van der Waals surface area (Å²) in [6, 6.07) is 10.1. The van der Waals surface area contributed by atoms with Crippen molar-refractivity contribution in [3.05, 3.63) is 57.8 Å². The fourth-order valence-electron chi connectivity index (χ4n) is 1.85. The van der Waals surface area contributed by atoms with Gasteiger partial charge in [0.2, 0.25) is 0 Å². The summed E-state index contributed by atoms with van der Waals surface area (Å²) < 4.78 is 24.4. The molecule has 1 atom stereocenters. The van der Waals surface area contributed by atoms with Crippen LogP contribution in [0.25, 0.3) is 0 Å². The van der Waals surface area contributed by atoms with Gasteiger partial charge in [-0.05, 0) is 35.4 Å². The van der Waals surface area contributed by atoms with E-state index in [0.29, 0.717) is 0 Å². The Labute approximate surface area is 130 Å². The van der Waals surface area contributed by atoms with Crippen LogP contribution in [0.4, 0.5) is 4.39 Å². The number of methoxy groups -OCH3 is 2. The quantitative estimate of drug-likeness (QED) is 0.720. The third-order valence-corrected chi connectivity index (χ3v) is 4.12. The summed E-state index contributed by atoms with van der Waals surface area (Å²) in [5.41, 5.74) is 1.64. The number of hydrogen-bond donors (Lipinski definition) is 0. The predicted octanol–water partition coefficient (Wildman–Crippen LogP) is 4.93. The maximum atomic E-state index is 13.4. The zero-order valence-electron chi connectivity index (χ0n) is 11.0. The van der Waals surface area contributed by atoms with Gasteiger partial charge in [0.25, 0.3) is 0 Å². The number of alkyl halides is 1. The van der Waals surface area contributed by atoms with Gasteiger partial charge in [0.1, 0.15) is 5.75 Å². The lowest BCUT2D eigenvalue weighted by Gasteiger charge is -2.14. The van der Waals surface area contributed by atoms with Crippen molar-refractivity contribution in [1.82, 2.24) is 0 Å². The van der Waals surface area contributed by atoms with Crippen molar-refractivity contribution in [2.75, 3.05) is 14.2 Å². The lowest BCUT2D eigenvalue weighted by Crippen LogP contribution is -1.97. The average molecular weight is 360 g/mol. The van der Waals surface area contributed by atoms with Crippen molar-refractivity contribution in [3.8, 4) is 11.5 Å². The maximum absolute atomic E-state index is 13.4. The van der Waals surface area contributed by atoms with E-state index in [4.69, 9.17) is 21.1 Å². The molecule has 1 unspecified atom stereocenters. The van der Waals surface area contributed by atoms with Crippen molar-refractivity contribution >= 4 is 27.5 Å². The van der Waals surface area contributed by atoms with Crippen molar-refractivity contribution < 1.29 is 13.9 Å². The van der Waals surface area contributed by atoms with E-state index in [-0.39, 0.29) is 5.75 Å². The van der Waals surface area contributed by atoms with Crippen LogP contribution in [0, 0.1) is 5.82 Å². The molecule has 2 rings (SSSR count). The van der Waals surface area contributed by atoms with Crippen LogP contribution in [0.5, 0.6) is 11.5 Å². The molecule has 0 aliphatic rings. The molecule has 5 heteroatoms. The van der Waals surface area contributed by atoms with Gasteiger partial charge in [-0.2, -0.15) is 0 Å². The second-order valence-corrected chi connectivity index (χ2v) is 5.43. The smallest absolute Gasteiger partial charge is 0.165 e. The molecule has 0 radical (unpaired) electrons. The van der Waals surface area contributed by atoms with E-state index >= 15 is 0 Å². The van der Waals surface area contributed by atoms with Crippen LogP contribution in [0.2, 0.25) is 0 Å². The topological polar surface area (TPSA) is 18.5 Å². The van der Waals surface area contributed by atoms with Gasteiger partial charge in [0.15, 0.2) is 11.6 Å². The molecule has 20 heavy (non-hydrogen) atoms. The molecule has 2 nitrogen and oxygen atoms in total. The normalized spacial score (nSPS) is 12.1. The summed E-state index contributed by atoms with van der Waals surface area (Å²) in [4.78, 5) is 0. The minimum Gasteiger partial charge on any atom is -0.497 e. The van der Waals surface area contributed by atoms with Crippen LogP contribution in [0.1, 0.15) is 16.5 Å². The van der Waals surface area contributed by atoms with Gasteiger partial charge in [0, 0.05) is 4.47 Å². The Morgan fingerprint density at radius 1 is 1.10 bits per heavy atom. The molecule has 0 saturated heterocycles. The molecule has 0 fully saturated rings. The first-order valence-electron chi connectivity index (χ1n) is 5.87. The molecule has 0 amide bonds. The average Bonchev–Trinajstić information content (AvgIpc) is 2.47. The molecule has 0 aliphatic heterocycles. The highest BCUT2D eigenvalue weighted by Gasteiger charge is 2.16. The van der Waals surface area contributed by atoms with Crippen molar-refractivity contribution in [3.63, 3.8) is 0 Å². The molecule has 0 aromatic heterocycles. The van der Waals surface area contributed by atoms with E-state index in [1.165, 1.54) is 13.2 Å². The first-order valence-corrected chi connectivity index (χ1v) is 7.10. The van der Waals surface area contributed by atoms with Gasteiger partial charge in [-0.25, -0.2) is 4.39 Å². The molecule has 0 aliphatic carbocycles. The Bertz CT molecular complexity index is 619. The first kappa shape index (κ1) is 15.1. The van der Waals surface area contributed by atoms with Gasteiger partial charge in [0.05, 0.1) is 19.6 Å². The van der Waals surface area contributed by atoms with Gasteiger partial charge in [-0.3, -0.25) is 0 Å². The standard InChI is InChI=1S/C15H13BrClFO2/c1-19-10-4-5-11(12(16)8-10)15(17)9-3-6-13(18)14(7-9)20-2/h3-8,15H,1-2H3. The second kappa shape index (κ2) is 6.46. The van der Waals surface area contributed by atoms with E-state index in [2.05, 4.69) is 15.9 Å². The highest BCUT2D eigenvalue weighted by atomic mass is 79.9. The van der Waals surface area contributed by atoms with E-state index in [9.17, 15) is 4.39 Å². The minimum absolute atomic E-state index is 0.179. The monoisotopic (exact) mass is 358 g/mol. The fourth-order valence-corrected chi connectivity index (χ4v) is 2.90. The molecule has 2 aromatic rings. The summed E-state index contributed by atoms with van der Waals surface area (Å²) >= 11 is 9.93. The van der Waals surface area contributed by atoms with Crippen molar-refractivity contribution in [2.45, 2.75) is 5.38 Å². The van der Waals surface area contributed by atoms with Crippen LogP contribution in [-0.2, 0) is 0 Å². The lowest BCUT2D eigenvalue weighted by atomic mass is 10.0. The number of rotatable bonds is 4. The highest BCUT2D eigenvalue weighted by Crippen LogP contribution is 2.37. The number of benzene rings is 2.